The van der Waals surface area contributed by atoms with E-state index >= 15 is 0 Å². The van der Waals surface area contributed by atoms with Crippen LogP contribution in [0.4, 0.5) is 11.4 Å². The van der Waals surface area contributed by atoms with E-state index in [0.717, 1.165) is 11.1 Å². The molecular formula is C25H20N2O2. The van der Waals surface area contributed by atoms with Crippen molar-refractivity contribution in [3.63, 3.8) is 0 Å². The van der Waals surface area contributed by atoms with Crippen LogP contribution in [-0.2, 0) is 0 Å². The van der Waals surface area contributed by atoms with Crippen molar-refractivity contribution in [1.29, 1.82) is 0 Å². The largest absolute Gasteiger partial charge is 0.455 e. The fraction of sp³-hybridized carbons (Fsp3) is 0. The number of hydrogen-bond donors (Lipinski definition) is 2. The summed E-state index contributed by atoms with van der Waals surface area (Å²) in [5, 5.41) is 0. The van der Waals surface area contributed by atoms with E-state index in [1.807, 2.05) is 54.6 Å². The van der Waals surface area contributed by atoms with Crippen molar-refractivity contribution in [1.82, 2.24) is 0 Å². The third-order valence-corrected chi connectivity index (χ3v) is 4.64. The Morgan fingerprint density at radius 1 is 0.655 bits per heavy atom. The van der Waals surface area contributed by atoms with Gasteiger partial charge in [-0.05, 0) is 54.1 Å². The first-order valence-electron chi connectivity index (χ1n) is 9.24. The Bertz CT molecular complexity index is 1150. The summed E-state index contributed by atoms with van der Waals surface area (Å²) in [6.45, 7) is 0. The van der Waals surface area contributed by atoms with E-state index in [1.165, 1.54) is 0 Å². The van der Waals surface area contributed by atoms with Crippen LogP contribution < -0.4 is 16.2 Å². The van der Waals surface area contributed by atoms with Crippen LogP contribution in [0.2, 0.25) is 0 Å². The van der Waals surface area contributed by atoms with Gasteiger partial charge in [-0.3, -0.25) is 4.79 Å². The van der Waals surface area contributed by atoms with E-state index < -0.39 is 0 Å². The van der Waals surface area contributed by atoms with Crippen LogP contribution in [0.25, 0.3) is 11.1 Å². The van der Waals surface area contributed by atoms with Gasteiger partial charge in [0.15, 0.2) is 11.5 Å². The number of benzene rings is 4. The highest BCUT2D eigenvalue weighted by molar-refractivity contribution is 6.09. The Balaban J connectivity index is 1.68. The molecule has 0 bridgehead atoms. The van der Waals surface area contributed by atoms with Crippen molar-refractivity contribution in [2.45, 2.75) is 0 Å². The highest BCUT2D eigenvalue weighted by Gasteiger charge is 2.14. The average Bonchev–Trinajstić information content (AvgIpc) is 2.76. The van der Waals surface area contributed by atoms with Gasteiger partial charge in [0.25, 0.3) is 0 Å². The van der Waals surface area contributed by atoms with Crippen molar-refractivity contribution in [3.8, 4) is 22.6 Å². The monoisotopic (exact) mass is 380 g/mol. The zero-order chi connectivity index (χ0) is 20.2. The second-order valence-electron chi connectivity index (χ2n) is 6.67. The molecular weight excluding hydrogens is 360 g/mol. The minimum absolute atomic E-state index is 0.119. The van der Waals surface area contributed by atoms with Gasteiger partial charge in [-0.15, -0.1) is 0 Å². The summed E-state index contributed by atoms with van der Waals surface area (Å²) >= 11 is 0. The molecule has 0 saturated heterocycles. The maximum Gasteiger partial charge on any atom is 0.193 e. The number of carbonyl (C=O) groups is 1. The van der Waals surface area contributed by atoms with Crippen molar-refractivity contribution in [2.75, 3.05) is 11.5 Å². The predicted octanol–water partition coefficient (Wildman–Crippen LogP) is 5.54. The standard InChI is InChI=1S/C25H20N2O2/c26-20-13-10-18(11-14-20)25(28)19-12-15-22(27)24(16-19)29-23-9-5-4-8-21(23)17-6-2-1-3-7-17/h1-16H,26-27H2. The third kappa shape index (κ3) is 3.96. The van der Waals surface area contributed by atoms with E-state index in [0.29, 0.717) is 34.0 Å². The Hall–Kier alpha value is -4.05. The highest BCUT2D eigenvalue weighted by atomic mass is 16.5. The van der Waals surface area contributed by atoms with Crippen LogP contribution >= 0.6 is 0 Å². The number of para-hydroxylation sites is 1. The maximum absolute atomic E-state index is 12.8. The van der Waals surface area contributed by atoms with Crippen LogP contribution in [0.1, 0.15) is 15.9 Å². The fourth-order valence-corrected chi connectivity index (χ4v) is 3.10. The number of nitrogen functional groups attached to an aromatic ring is 2. The molecule has 4 aromatic rings. The molecule has 4 nitrogen and oxygen atoms in total. The molecule has 4 heteroatoms. The lowest BCUT2D eigenvalue weighted by molar-refractivity contribution is 0.103. The smallest absolute Gasteiger partial charge is 0.193 e. The second kappa shape index (κ2) is 7.90. The van der Waals surface area contributed by atoms with Crippen LogP contribution in [-0.4, -0.2) is 5.78 Å². The van der Waals surface area contributed by atoms with Gasteiger partial charge in [-0.2, -0.15) is 0 Å². The number of nitrogens with two attached hydrogens (primary N) is 2. The topological polar surface area (TPSA) is 78.3 Å². The van der Waals surface area contributed by atoms with E-state index in [9.17, 15) is 4.79 Å². The fourth-order valence-electron chi connectivity index (χ4n) is 3.10. The zero-order valence-electron chi connectivity index (χ0n) is 15.7. The number of hydrogen-bond acceptors (Lipinski definition) is 4. The normalized spacial score (nSPS) is 10.5. The van der Waals surface area contributed by atoms with E-state index in [2.05, 4.69) is 0 Å². The third-order valence-electron chi connectivity index (χ3n) is 4.64. The van der Waals surface area contributed by atoms with E-state index in [4.69, 9.17) is 16.2 Å². The molecule has 0 amide bonds. The van der Waals surface area contributed by atoms with Gasteiger partial charge in [0.1, 0.15) is 5.75 Å². The number of rotatable bonds is 5. The van der Waals surface area contributed by atoms with Gasteiger partial charge in [0.2, 0.25) is 0 Å². The van der Waals surface area contributed by atoms with E-state index in [-0.39, 0.29) is 5.78 Å². The quantitative estimate of drug-likeness (QED) is 0.352. The van der Waals surface area contributed by atoms with Crippen molar-refractivity contribution >= 4 is 17.2 Å². The minimum atomic E-state index is -0.119. The van der Waals surface area contributed by atoms with Crippen LogP contribution in [0.15, 0.2) is 97.1 Å². The van der Waals surface area contributed by atoms with Gasteiger partial charge in [0.05, 0.1) is 5.69 Å². The molecule has 0 unspecified atom stereocenters. The molecule has 0 atom stereocenters. The number of anilines is 2. The molecule has 0 aliphatic rings. The predicted molar refractivity (Wildman–Crippen MR) is 117 cm³/mol. The molecule has 29 heavy (non-hydrogen) atoms. The molecule has 0 radical (unpaired) electrons. The first-order chi connectivity index (χ1) is 14.1. The lowest BCUT2D eigenvalue weighted by atomic mass is 10.0. The second-order valence-corrected chi connectivity index (χ2v) is 6.67. The summed E-state index contributed by atoms with van der Waals surface area (Å²) in [5.41, 5.74) is 15.9. The minimum Gasteiger partial charge on any atom is -0.455 e. The Labute approximate surface area is 169 Å². The first kappa shape index (κ1) is 18.3. The maximum atomic E-state index is 12.8. The number of carbonyl (C=O) groups excluding carboxylic acids is 1. The molecule has 4 N–H and O–H groups in total. The van der Waals surface area contributed by atoms with Gasteiger partial charge in [-0.1, -0.05) is 48.5 Å². The Morgan fingerprint density at radius 2 is 1.31 bits per heavy atom. The van der Waals surface area contributed by atoms with Gasteiger partial charge >= 0.3 is 0 Å². The van der Waals surface area contributed by atoms with Crippen LogP contribution in [0.5, 0.6) is 11.5 Å². The summed E-state index contributed by atoms with van der Waals surface area (Å²) in [4.78, 5) is 12.8. The van der Waals surface area contributed by atoms with Crippen molar-refractivity contribution in [3.05, 3.63) is 108 Å². The van der Waals surface area contributed by atoms with E-state index in [1.54, 1.807) is 42.5 Å². The van der Waals surface area contributed by atoms with Crippen molar-refractivity contribution in [2.24, 2.45) is 0 Å². The molecule has 4 aromatic carbocycles. The lowest BCUT2D eigenvalue weighted by Crippen LogP contribution is -2.03. The molecule has 142 valence electrons. The zero-order valence-corrected chi connectivity index (χ0v) is 15.7. The molecule has 0 fully saturated rings. The summed E-state index contributed by atoms with van der Waals surface area (Å²) in [5.74, 6) is 0.989. The molecule has 0 aliphatic carbocycles. The molecule has 0 aromatic heterocycles. The van der Waals surface area contributed by atoms with Gasteiger partial charge < -0.3 is 16.2 Å². The molecule has 0 heterocycles. The number of ketones is 1. The van der Waals surface area contributed by atoms with Gasteiger partial charge in [0, 0.05) is 22.4 Å². The molecule has 4 rings (SSSR count). The SMILES string of the molecule is Nc1ccc(C(=O)c2ccc(N)c(Oc3ccccc3-c3ccccc3)c2)cc1. The summed E-state index contributed by atoms with van der Waals surface area (Å²) in [6, 6.07) is 29.6. The Morgan fingerprint density at radius 3 is 2.07 bits per heavy atom. The Kier molecular flexibility index (Phi) is 4.99. The van der Waals surface area contributed by atoms with Crippen molar-refractivity contribution < 1.29 is 9.53 Å². The van der Waals surface area contributed by atoms with Crippen LogP contribution in [0.3, 0.4) is 0 Å². The lowest BCUT2D eigenvalue weighted by Gasteiger charge is -2.14. The van der Waals surface area contributed by atoms with Gasteiger partial charge in [-0.25, -0.2) is 0 Å². The molecule has 0 saturated carbocycles. The molecule has 0 spiro atoms. The highest BCUT2D eigenvalue weighted by Crippen LogP contribution is 2.36. The molecule has 0 aliphatic heterocycles. The average molecular weight is 380 g/mol. The first-order valence-corrected chi connectivity index (χ1v) is 9.24. The summed E-state index contributed by atoms with van der Waals surface area (Å²) < 4.78 is 6.14. The summed E-state index contributed by atoms with van der Waals surface area (Å²) in [6.07, 6.45) is 0. The van der Waals surface area contributed by atoms with Crippen LogP contribution in [0, 0.1) is 0 Å². The summed E-state index contributed by atoms with van der Waals surface area (Å²) in [7, 11) is 0. The number of ether oxygens (including phenoxy) is 1.